The van der Waals surface area contributed by atoms with Gasteiger partial charge in [0.1, 0.15) is 5.69 Å². The van der Waals surface area contributed by atoms with Crippen molar-refractivity contribution in [3.63, 3.8) is 0 Å². The van der Waals surface area contributed by atoms with E-state index >= 15 is 0 Å². The number of piperidine rings is 1. The van der Waals surface area contributed by atoms with Crippen molar-refractivity contribution in [1.82, 2.24) is 14.7 Å². The predicted molar refractivity (Wildman–Crippen MR) is 123 cm³/mol. The predicted octanol–water partition coefficient (Wildman–Crippen LogP) is 4.44. The maximum Gasteiger partial charge on any atom is 0.272 e. The van der Waals surface area contributed by atoms with E-state index in [-0.39, 0.29) is 5.91 Å². The molecule has 1 aromatic heterocycles. The number of carbonyl (C=O) groups is 1. The lowest BCUT2D eigenvalue weighted by atomic mass is 10.0. The van der Waals surface area contributed by atoms with Crippen LogP contribution in [0.15, 0.2) is 48.5 Å². The van der Waals surface area contributed by atoms with Crippen molar-refractivity contribution in [2.75, 3.05) is 26.3 Å². The maximum absolute atomic E-state index is 13.6. The number of aryl methyl sites for hydroxylation is 3. The topological polar surface area (TPSA) is 56.6 Å². The summed E-state index contributed by atoms with van der Waals surface area (Å²) in [5.74, 6) is -0.514. The number of ether oxygens (including phenoxy) is 2. The van der Waals surface area contributed by atoms with E-state index in [0.29, 0.717) is 44.8 Å². The van der Waals surface area contributed by atoms with Crippen LogP contribution in [0, 0.1) is 20.8 Å². The number of hydrogen-bond acceptors (Lipinski definition) is 4. The van der Waals surface area contributed by atoms with Crippen LogP contribution in [0.3, 0.4) is 0 Å². The summed E-state index contributed by atoms with van der Waals surface area (Å²) in [6, 6.07) is 16.3. The van der Waals surface area contributed by atoms with E-state index in [1.807, 2.05) is 35.2 Å². The molecule has 0 aliphatic carbocycles. The number of carbonyl (C=O) groups excluding carboxylic acids is 1. The van der Waals surface area contributed by atoms with Gasteiger partial charge in [-0.3, -0.25) is 4.79 Å². The number of nitrogens with zero attached hydrogens (tertiary/aromatic N) is 3. The molecule has 3 aromatic rings. The lowest BCUT2D eigenvalue weighted by Gasteiger charge is -2.37. The third-order valence-corrected chi connectivity index (χ3v) is 6.64. The van der Waals surface area contributed by atoms with Crippen LogP contribution in [-0.2, 0) is 9.47 Å². The first-order valence-corrected chi connectivity index (χ1v) is 11.3. The molecular formula is C26H29N3O3. The average Bonchev–Trinajstić information content (AvgIpc) is 3.44. The molecule has 2 fully saturated rings. The summed E-state index contributed by atoms with van der Waals surface area (Å²) < 4.78 is 13.4. The molecule has 0 saturated carbocycles. The Morgan fingerprint density at radius 1 is 0.906 bits per heavy atom. The number of likely N-dealkylation sites (tertiary alicyclic amines) is 1. The molecule has 5 rings (SSSR count). The number of benzene rings is 2. The van der Waals surface area contributed by atoms with Crippen molar-refractivity contribution in [2.24, 2.45) is 0 Å². The Bertz CT molecular complexity index is 1130. The monoisotopic (exact) mass is 431 g/mol. The zero-order valence-electron chi connectivity index (χ0n) is 18.9. The number of hydrogen-bond donors (Lipinski definition) is 0. The minimum absolute atomic E-state index is 0.0130. The summed E-state index contributed by atoms with van der Waals surface area (Å²) >= 11 is 0. The van der Waals surface area contributed by atoms with E-state index in [2.05, 4.69) is 39.0 Å². The lowest BCUT2D eigenvalue weighted by Crippen LogP contribution is -2.47. The highest BCUT2D eigenvalue weighted by molar-refractivity contribution is 5.94. The molecule has 0 atom stereocenters. The Morgan fingerprint density at radius 3 is 2.25 bits per heavy atom. The fourth-order valence-electron chi connectivity index (χ4n) is 4.46. The first-order valence-electron chi connectivity index (χ1n) is 11.3. The van der Waals surface area contributed by atoms with Gasteiger partial charge in [-0.25, -0.2) is 4.68 Å². The van der Waals surface area contributed by atoms with Gasteiger partial charge in [0.2, 0.25) is 0 Å². The molecule has 0 bridgehead atoms. The quantitative estimate of drug-likeness (QED) is 0.615. The van der Waals surface area contributed by atoms with Crippen molar-refractivity contribution >= 4 is 5.91 Å². The smallest absolute Gasteiger partial charge is 0.272 e. The molecule has 166 valence electrons. The molecule has 0 radical (unpaired) electrons. The number of amides is 1. The summed E-state index contributed by atoms with van der Waals surface area (Å²) in [4.78, 5) is 15.5. The van der Waals surface area contributed by atoms with E-state index < -0.39 is 5.79 Å². The van der Waals surface area contributed by atoms with Crippen molar-refractivity contribution in [1.29, 1.82) is 0 Å². The van der Waals surface area contributed by atoms with Gasteiger partial charge in [0, 0.05) is 31.5 Å². The van der Waals surface area contributed by atoms with E-state index in [9.17, 15) is 4.79 Å². The molecule has 0 unspecified atom stereocenters. The molecule has 2 aliphatic rings. The van der Waals surface area contributed by atoms with Gasteiger partial charge < -0.3 is 14.4 Å². The lowest BCUT2D eigenvalue weighted by molar-refractivity contribution is -0.181. The maximum atomic E-state index is 13.6. The molecule has 2 aromatic carbocycles. The van der Waals surface area contributed by atoms with Crippen LogP contribution in [0.5, 0.6) is 0 Å². The Morgan fingerprint density at radius 2 is 1.59 bits per heavy atom. The van der Waals surface area contributed by atoms with Crippen LogP contribution in [0.25, 0.3) is 16.9 Å². The molecule has 3 heterocycles. The van der Waals surface area contributed by atoms with E-state index in [1.165, 1.54) is 16.7 Å². The van der Waals surface area contributed by atoms with Gasteiger partial charge in [-0.2, -0.15) is 5.10 Å². The second kappa shape index (κ2) is 8.19. The van der Waals surface area contributed by atoms with Crippen molar-refractivity contribution in [3.8, 4) is 16.9 Å². The third kappa shape index (κ3) is 3.85. The highest BCUT2D eigenvalue weighted by Gasteiger charge is 2.41. The highest BCUT2D eigenvalue weighted by Crippen LogP contribution is 2.32. The minimum Gasteiger partial charge on any atom is -0.347 e. The van der Waals surface area contributed by atoms with Crippen molar-refractivity contribution < 1.29 is 14.3 Å². The fourth-order valence-corrected chi connectivity index (χ4v) is 4.46. The second-order valence-electron chi connectivity index (χ2n) is 8.86. The van der Waals surface area contributed by atoms with Crippen LogP contribution < -0.4 is 0 Å². The molecule has 2 aliphatic heterocycles. The first-order chi connectivity index (χ1) is 15.4. The standard InChI is InChI=1S/C26H29N3O3/c1-18-4-8-22(9-5-18)29-24(17-23(27-29)21-7-6-19(2)20(3)16-21)25(30)28-12-10-26(11-13-28)31-14-15-32-26/h4-9,16-17H,10-15H2,1-3H3. The second-order valence-corrected chi connectivity index (χ2v) is 8.86. The van der Waals surface area contributed by atoms with Gasteiger partial charge >= 0.3 is 0 Å². The van der Waals surface area contributed by atoms with E-state index in [4.69, 9.17) is 14.6 Å². The Kier molecular flexibility index (Phi) is 5.35. The van der Waals surface area contributed by atoms with Crippen molar-refractivity contribution in [3.05, 3.63) is 70.9 Å². The minimum atomic E-state index is -0.501. The summed E-state index contributed by atoms with van der Waals surface area (Å²) in [6.07, 6.45) is 1.39. The third-order valence-electron chi connectivity index (χ3n) is 6.64. The van der Waals surface area contributed by atoms with Gasteiger partial charge in [0.05, 0.1) is 24.6 Å². The Labute approximate surface area is 188 Å². The van der Waals surface area contributed by atoms with E-state index in [1.54, 1.807) is 4.68 Å². The largest absolute Gasteiger partial charge is 0.347 e. The Hall–Kier alpha value is -2.96. The normalized spacial score (nSPS) is 17.8. The molecule has 32 heavy (non-hydrogen) atoms. The SMILES string of the molecule is Cc1ccc(-n2nc(-c3ccc(C)c(C)c3)cc2C(=O)N2CCC3(CC2)OCCO3)cc1. The summed E-state index contributed by atoms with van der Waals surface area (Å²) in [5.41, 5.74) is 6.88. The first kappa shape index (κ1) is 20.9. The van der Waals surface area contributed by atoms with Crippen LogP contribution in [0.2, 0.25) is 0 Å². The van der Waals surface area contributed by atoms with Gasteiger partial charge in [0.15, 0.2) is 5.79 Å². The molecular weight excluding hydrogens is 402 g/mol. The average molecular weight is 432 g/mol. The highest BCUT2D eigenvalue weighted by atomic mass is 16.7. The van der Waals surface area contributed by atoms with Crippen LogP contribution >= 0.6 is 0 Å². The van der Waals surface area contributed by atoms with Gasteiger partial charge in [-0.1, -0.05) is 29.8 Å². The number of aromatic nitrogens is 2. The van der Waals surface area contributed by atoms with Gasteiger partial charge in [-0.15, -0.1) is 0 Å². The van der Waals surface area contributed by atoms with Crippen LogP contribution in [0.4, 0.5) is 0 Å². The molecule has 1 amide bonds. The summed E-state index contributed by atoms with van der Waals surface area (Å²) in [7, 11) is 0. The Balaban J connectivity index is 1.49. The van der Waals surface area contributed by atoms with E-state index in [0.717, 1.165) is 16.9 Å². The molecule has 2 saturated heterocycles. The molecule has 1 spiro atoms. The summed E-state index contributed by atoms with van der Waals surface area (Å²) in [5, 5.41) is 4.86. The molecule has 6 nitrogen and oxygen atoms in total. The summed E-state index contributed by atoms with van der Waals surface area (Å²) in [6.45, 7) is 8.73. The number of rotatable bonds is 3. The van der Waals surface area contributed by atoms with Gasteiger partial charge in [-0.05, 0) is 56.2 Å². The zero-order chi connectivity index (χ0) is 22.3. The zero-order valence-corrected chi connectivity index (χ0v) is 18.9. The fraction of sp³-hybridized carbons (Fsp3) is 0.385. The van der Waals surface area contributed by atoms with Crippen LogP contribution in [0.1, 0.15) is 40.0 Å². The van der Waals surface area contributed by atoms with Crippen molar-refractivity contribution in [2.45, 2.75) is 39.4 Å². The van der Waals surface area contributed by atoms with Crippen LogP contribution in [-0.4, -0.2) is 52.7 Å². The van der Waals surface area contributed by atoms with Gasteiger partial charge in [0.25, 0.3) is 5.91 Å². The molecule has 6 heteroatoms. The molecule has 0 N–H and O–H groups in total.